The van der Waals surface area contributed by atoms with Crippen LogP contribution in [0.2, 0.25) is 0 Å². The number of rotatable bonds is 4. The van der Waals surface area contributed by atoms with Crippen molar-refractivity contribution in [3.05, 3.63) is 35.4 Å². The van der Waals surface area contributed by atoms with Gasteiger partial charge in [0.05, 0.1) is 5.54 Å². The number of fused-ring (bicyclic) bond motifs is 1. The molecule has 0 atom stereocenters. The summed E-state index contributed by atoms with van der Waals surface area (Å²) in [6.07, 6.45) is 2.40. The van der Waals surface area contributed by atoms with Gasteiger partial charge in [0.1, 0.15) is 0 Å². The van der Waals surface area contributed by atoms with Crippen molar-refractivity contribution in [2.24, 2.45) is 0 Å². The van der Waals surface area contributed by atoms with Gasteiger partial charge in [-0.15, -0.1) is 0 Å². The van der Waals surface area contributed by atoms with Gasteiger partial charge < -0.3 is 10.2 Å². The minimum Gasteiger partial charge on any atom is -0.360 e. The van der Waals surface area contributed by atoms with Crippen LogP contribution in [0.25, 0.3) is 5.57 Å². The lowest BCUT2D eigenvalue weighted by atomic mass is 9.87. The van der Waals surface area contributed by atoms with Gasteiger partial charge in [-0.25, -0.2) is 0 Å². The normalized spacial score (nSPS) is 17.1. The monoisotopic (exact) mass is 272 g/mol. The van der Waals surface area contributed by atoms with Gasteiger partial charge in [-0.3, -0.25) is 0 Å². The van der Waals surface area contributed by atoms with Crippen LogP contribution in [-0.2, 0) is 6.54 Å². The maximum Gasteiger partial charge on any atom is 0.0537 e. The predicted molar refractivity (Wildman–Crippen MR) is 89.2 cm³/mol. The molecule has 0 saturated heterocycles. The van der Waals surface area contributed by atoms with E-state index in [4.69, 9.17) is 0 Å². The lowest BCUT2D eigenvalue weighted by Crippen LogP contribution is -2.49. The summed E-state index contributed by atoms with van der Waals surface area (Å²) in [5.74, 6) is 0. The van der Waals surface area contributed by atoms with Crippen LogP contribution in [0.5, 0.6) is 0 Å². The van der Waals surface area contributed by atoms with Gasteiger partial charge in [-0.1, -0.05) is 19.1 Å². The molecule has 2 rings (SSSR count). The maximum atomic E-state index is 3.40. The van der Waals surface area contributed by atoms with Gasteiger partial charge in [0.25, 0.3) is 0 Å². The van der Waals surface area contributed by atoms with Gasteiger partial charge >= 0.3 is 0 Å². The van der Waals surface area contributed by atoms with Crippen molar-refractivity contribution < 1.29 is 0 Å². The Hall–Kier alpha value is -1.28. The van der Waals surface area contributed by atoms with Crippen molar-refractivity contribution in [3.8, 4) is 0 Å². The van der Waals surface area contributed by atoms with E-state index in [2.05, 4.69) is 76.0 Å². The molecule has 1 heterocycles. The van der Waals surface area contributed by atoms with E-state index < -0.39 is 0 Å². The molecule has 1 aliphatic heterocycles. The lowest BCUT2D eigenvalue weighted by Gasteiger charge is -2.46. The van der Waals surface area contributed by atoms with Crippen molar-refractivity contribution in [1.29, 1.82) is 0 Å². The first kappa shape index (κ1) is 15.1. The molecule has 1 aromatic carbocycles. The van der Waals surface area contributed by atoms with E-state index in [0.29, 0.717) is 6.04 Å². The Morgan fingerprint density at radius 3 is 2.55 bits per heavy atom. The molecule has 0 aromatic heterocycles. The molecule has 1 aromatic rings. The Bertz CT molecular complexity index is 512. The van der Waals surface area contributed by atoms with Gasteiger partial charge in [0.2, 0.25) is 0 Å². The van der Waals surface area contributed by atoms with Gasteiger partial charge in [-0.05, 0) is 64.4 Å². The highest BCUT2D eigenvalue weighted by atomic mass is 15.2. The van der Waals surface area contributed by atoms with Crippen molar-refractivity contribution in [1.82, 2.24) is 5.32 Å². The minimum absolute atomic E-state index is 0.0778. The summed E-state index contributed by atoms with van der Waals surface area (Å²) < 4.78 is 0. The second-order valence-corrected chi connectivity index (χ2v) is 6.58. The molecule has 2 heteroatoms. The highest BCUT2D eigenvalue weighted by molar-refractivity contribution is 5.81. The molecular formula is C18H28N2. The zero-order chi connectivity index (χ0) is 14.9. The van der Waals surface area contributed by atoms with Crippen LogP contribution in [-0.4, -0.2) is 18.1 Å². The smallest absolute Gasteiger partial charge is 0.0537 e. The second-order valence-electron chi connectivity index (χ2n) is 6.58. The van der Waals surface area contributed by atoms with Crippen LogP contribution in [0.3, 0.4) is 0 Å². The largest absolute Gasteiger partial charge is 0.360 e. The quantitative estimate of drug-likeness (QED) is 0.883. The summed E-state index contributed by atoms with van der Waals surface area (Å²) in [5, 5.41) is 3.40. The zero-order valence-electron chi connectivity index (χ0n) is 13.7. The fraction of sp³-hybridized carbons (Fsp3) is 0.556. The minimum atomic E-state index is 0.0778. The molecule has 1 aliphatic rings. The number of nitrogens with one attached hydrogen (secondary N) is 1. The molecule has 0 unspecified atom stereocenters. The average Bonchev–Trinajstić information content (AvgIpc) is 2.35. The third kappa shape index (κ3) is 2.76. The molecule has 0 amide bonds. The average molecular weight is 272 g/mol. The Balaban J connectivity index is 2.46. The number of hydrogen-bond acceptors (Lipinski definition) is 2. The topological polar surface area (TPSA) is 15.3 Å². The Labute approximate surface area is 123 Å². The van der Waals surface area contributed by atoms with Gasteiger partial charge in [0.15, 0.2) is 0 Å². The second kappa shape index (κ2) is 5.61. The SMILES string of the molecule is CCNCc1ccc2c(c1)C(C)=CC(C)(C)N2C(C)C. The molecule has 110 valence electrons. The maximum absolute atomic E-state index is 3.40. The molecule has 0 saturated carbocycles. The third-order valence-corrected chi connectivity index (χ3v) is 4.03. The molecule has 0 spiro atoms. The van der Waals surface area contributed by atoms with Crippen LogP contribution in [0.4, 0.5) is 5.69 Å². The summed E-state index contributed by atoms with van der Waals surface area (Å²) in [7, 11) is 0. The fourth-order valence-electron chi connectivity index (χ4n) is 3.42. The van der Waals surface area contributed by atoms with Crippen LogP contribution in [0, 0.1) is 0 Å². The molecule has 0 radical (unpaired) electrons. The van der Waals surface area contributed by atoms with E-state index in [1.165, 1.54) is 22.4 Å². The fourth-order valence-corrected chi connectivity index (χ4v) is 3.42. The van der Waals surface area contributed by atoms with Gasteiger partial charge in [0, 0.05) is 23.8 Å². The Morgan fingerprint density at radius 1 is 1.25 bits per heavy atom. The highest BCUT2D eigenvalue weighted by Gasteiger charge is 2.32. The first-order chi connectivity index (χ1) is 9.36. The molecule has 1 N–H and O–H groups in total. The number of allylic oxidation sites excluding steroid dienone is 1. The Kier molecular flexibility index (Phi) is 4.24. The number of benzene rings is 1. The first-order valence-electron chi connectivity index (χ1n) is 7.69. The van der Waals surface area contributed by atoms with Crippen molar-refractivity contribution >= 4 is 11.3 Å². The Morgan fingerprint density at radius 2 is 1.95 bits per heavy atom. The van der Waals surface area contributed by atoms with E-state index in [-0.39, 0.29) is 5.54 Å². The van der Waals surface area contributed by atoms with E-state index in [1.54, 1.807) is 0 Å². The van der Waals surface area contributed by atoms with E-state index >= 15 is 0 Å². The van der Waals surface area contributed by atoms with Gasteiger partial charge in [-0.2, -0.15) is 0 Å². The van der Waals surface area contributed by atoms with Crippen molar-refractivity contribution in [2.75, 3.05) is 11.4 Å². The number of hydrogen-bond donors (Lipinski definition) is 1. The number of anilines is 1. The van der Waals surface area contributed by atoms with E-state index in [1.807, 2.05) is 0 Å². The van der Waals surface area contributed by atoms with E-state index in [0.717, 1.165) is 13.1 Å². The molecule has 0 fully saturated rings. The predicted octanol–water partition coefficient (Wildman–Crippen LogP) is 4.21. The van der Waals surface area contributed by atoms with Crippen molar-refractivity contribution in [3.63, 3.8) is 0 Å². The summed E-state index contributed by atoms with van der Waals surface area (Å²) in [5.41, 5.74) is 5.58. The molecule has 2 nitrogen and oxygen atoms in total. The molecule has 20 heavy (non-hydrogen) atoms. The van der Waals surface area contributed by atoms with Crippen LogP contribution >= 0.6 is 0 Å². The molecule has 0 aliphatic carbocycles. The van der Waals surface area contributed by atoms with Crippen molar-refractivity contribution in [2.45, 2.75) is 59.7 Å². The lowest BCUT2D eigenvalue weighted by molar-refractivity contribution is 0.507. The summed E-state index contributed by atoms with van der Waals surface area (Å²) in [6, 6.07) is 7.38. The van der Waals surface area contributed by atoms with Crippen LogP contribution < -0.4 is 10.2 Å². The summed E-state index contributed by atoms with van der Waals surface area (Å²) in [4.78, 5) is 2.52. The zero-order valence-corrected chi connectivity index (χ0v) is 13.7. The molecule has 0 bridgehead atoms. The molecular weight excluding hydrogens is 244 g/mol. The highest BCUT2D eigenvalue weighted by Crippen LogP contribution is 2.40. The number of nitrogens with zero attached hydrogens (tertiary/aromatic N) is 1. The third-order valence-electron chi connectivity index (χ3n) is 4.03. The standard InChI is InChI=1S/C18H28N2/c1-7-19-12-15-8-9-17-16(10-15)14(4)11-18(5,6)20(17)13(2)3/h8-11,13,19H,7,12H2,1-6H3. The summed E-state index contributed by atoms with van der Waals surface area (Å²) >= 11 is 0. The van der Waals surface area contributed by atoms with E-state index in [9.17, 15) is 0 Å². The van der Waals surface area contributed by atoms with Crippen LogP contribution in [0.15, 0.2) is 24.3 Å². The first-order valence-corrected chi connectivity index (χ1v) is 7.69. The van der Waals surface area contributed by atoms with Crippen LogP contribution in [0.1, 0.15) is 52.7 Å². The summed E-state index contributed by atoms with van der Waals surface area (Å²) in [6.45, 7) is 15.5.